The summed E-state index contributed by atoms with van der Waals surface area (Å²) in [5, 5.41) is 3.59. The van der Waals surface area contributed by atoms with Crippen molar-refractivity contribution in [2.24, 2.45) is 11.8 Å². The predicted molar refractivity (Wildman–Crippen MR) is 106 cm³/mol. The van der Waals surface area contributed by atoms with Gasteiger partial charge in [0.05, 0.1) is 5.92 Å². The van der Waals surface area contributed by atoms with Gasteiger partial charge in [0, 0.05) is 37.7 Å². The molecule has 0 aromatic heterocycles. The third kappa shape index (κ3) is 5.22. The summed E-state index contributed by atoms with van der Waals surface area (Å²) in [6.45, 7) is 4.49. The van der Waals surface area contributed by atoms with Crippen molar-refractivity contribution < 1.29 is 13.2 Å². The van der Waals surface area contributed by atoms with Gasteiger partial charge in [-0.1, -0.05) is 30.7 Å². The topological polar surface area (TPSA) is 69.7 Å². The number of nitrogens with one attached hydrogen (secondary N) is 1. The summed E-state index contributed by atoms with van der Waals surface area (Å²) >= 11 is 5.87. The molecule has 1 N–H and O–H groups in total. The highest BCUT2D eigenvalue weighted by Crippen LogP contribution is 2.25. The number of carbonyl (C=O) groups is 1. The maximum Gasteiger partial charge on any atom is 0.281 e. The first kappa shape index (κ1) is 20.6. The van der Waals surface area contributed by atoms with Crippen molar-refractivity contribution in [1.82, 2.24) is 13.9 Å². The number of nitrogens with zero attached hydrogens (tertiary/aromatic N) is 2. The number of benzene rings is 1. The first-order valence-corrected chi connectivity index (χ1v) is 11.4. The van der Waals surface area contributed by atoms with Crippen LogP contribution in [0, 0.1) is 11.8 Å². The highest BCUT2D eigenvalue weighted by molar-refractivity contribution is 7.86. The molecule has 150 valence electrons. The number of rotatable bonds is 5. The number of halogens is 1. The SMILES string of the molecule is CC1CCN(S(=O)(=O)N2CCC[C@@H](C(=O)NCc3ccc(Cl)cc3)C2)CC1. The Morgan fingerprint density at radius 1 is 1.11 bits per heavy atom. The summed E-state index contributed by atoms with van der Waals surface area (Å²) in [4.78, 5) is 12.6. The molecular weight excluding hydrogens is 386 g/mol. The Morgan fingerprint density at radius 2 is 1.78 bits per heavy atom. The minimum atomic E-state index is -3.47. The number of piperidine rings is 2. The van der Waals surface area contributed by atoms with E-state index in [4.69, 9.17) is 11.6 Å². The van der Waals surface area contributed by atoms with Crippen molar-refractivity contribution in [3.05, 3.63) is 34.9 Å². The Morgan fingerprint density at radius 3 is 2.44 bits per heavy atom. The standard InChI is InChI=1S/C19H28ClN3O3S/c1-15-8-11-22(12-9-15)27(25,26)23-10-2-3-17(14-23)19(24)21-13-16-4-6-18(20)7-5-16/h4-7,15,17H,2-3,8-14H2,1H3,(H,21,24)/t17-/m1/s1. The lowest BCUT2D eigenvalue weighted by molar-refractivity contribution is -0.126. The number of hydrogen-bond donors (Lipinski definition) is 1. The van der Waals surface area contributed by atoms with E-state index in [0.29, 0.717) is 43.5 Å². The van der Waals surface area contributed by atoms with Gasteiger partial charge in [-0.15, -0.1) is 0 Å². The molecule has 0 bridgehead atoms. The second-order valence-electron chi connectivity index (χ2n) is 7.63. The van der Waals surface area contributed by atoms with Gasteiger partial charge in [-0.25, -0.2) is 0 Å². The van der Waals surface area contributed by atoms with Gasteiger partial charge in [0.1, 0.15) is 0 Å². The fourth-order valence-corrected chi connectivity index (χ4v) is 5.53. The molecule has 0 spiro atoms. The molecule has 27 heavy (non-hydrogen) atoms. The summed E-state index contributed by atoms with van der Waals surface area (Å²) < 4.78 is 29.0. The van der Waals surface area contributed by atoms with Crippen molar-refractivity contribution in [2.45, 2.75) is 39.2 Å². The zero-order valence-corrected chi connectivity index (χ0v) is 17.3. The normalized spacial score (nSPS) is 23.3. The molecular formula is C19H28ClN3O3S. The zero-order chi connectivity index (χ0) is 19.4. The van der Waals surface area contributed by atoms with Crippen LogP contribution in [0.4, 0.5) is 0 Å². The highest BCUT2D eigenvalue weighted by Gasteiger charge is 2.36. The van der Waals surface area contributed by atoms with Crippen LogP contribution in [0.2, 0.25) is 5.02 Å². The predicted octanol–water partition coefficient (Wildman–Crippen LogP) is 2.64. The molecule has 8 heteroatoms. The van der Waals surface area contributed by atoms with Gasteiger partial charge in [0.15, 0.2) is 0 Å². The van der Waals surface area contributed by atoms with Crippen LogP contribution in [-0.4, -0.2) is 49.1 Å². The fourth-order valence-electron chi connectivity index (χ4n) is 3.68. The number of amides is 1. The van der Waals surface area contributed by atoms with Crippen LogP contribution in [0.25, 0.3) is 0 Å². The molecule has 2 aliphatic heterocycles. The molecule has 0 radical (unpaired) electrons. The molecule has 1 aromatic carbocycles. The van der Waals surface area contributed by atoms with Gasteiger partial charge in [-0.2, -0.15) is 17.0 Å². The Labute approximate surface area is 167 Å². The molecule has 0 saturated carbocycles. The van der Waals surface area contributed by atoms with Crippen molar-refractivity contribution in [3.8, 4) is 0 Å². The van der Waals surface area contributed by atoms with Gasteiger partial charge in [0.2, 0.25) is 5.91 Å². The van der Waals surface area contributed by atoms with Crippen molar-refractivity contribution in [1.29, 1.82) is 0 Å². The number of carbonyl (C=O) groups excluding carboxylic acids is 1. The second-order valence-corrected chi connectivity index (χ2v) is 10.00. The van der Waals surface area contributed by atoms with E-state index in [9.17, 15) is 13.2 Å². The molecule has 3 rings (SSSR count). The molecule has 0 aliphatic carbocycles. The summed E-state index contributed by atoms with van der Waals surface area (Å²) in [6.07, 6.45) is 3.23. The first-order chi connectivity index (χ1) is 12.9. The van der Waals surface area contributed by atoms with Crippen LogP contribution >= 0.6 is 11.6 Å². The average molecular weight is 414 g/mol. The fraction of sp³-hybridized carbons (Fsp3) is 0.632. The third-order valence-corrected chi connectivity index (χ3v) is 7.78. The van der Waals surface area contributed by atoms with E-state index >= 15 is 0 Å². The number of hydrogen-bond acceptors (Lipinski definition) is 3. The van der Waals surface area contributed by atoms with Crippen molar-refractivity contribution >= 4 is 27.7 Å². The van der Waals surface area contributed by atoms with E-state index in [0.717, 1.165) is 24.8 Å². The van der Waals surface area contributed by atoms with Crippen molar-refractivity contribution in [3.63, 3.8) is 0 Å². The second kappa shape index (κ2) is 8.90. The maximum absolute atomic E-state index is 12.9. The van der Waals surface area contributed by atoms with Gasteiger partial charge < -0.3 is 5.32 Å². The Kier molecular flexibility index (Phi) is 6.78. The molecule has 1 aromatic rings. The molecule has 2 heterocycles. The van der Waals surface area contributed by atoms with Crippen molar-refractivity contribution in [2.75, 3.05) is 26.2 Å². The lowest BCUT2D eigenvalue weighted by Gasteiger charge is -2.37. The van der Waals surface area contributed by atoms with Gasteiger partial charge in [-0.3, -0.25) is 4.79 Å². The summed E-state index contributed by atoms with van der Waals surface area (Å²) in [7, 11) is -3.47. The lowest BCUT2D eigenvalue weighted by atomic mass is 9.99. The maximum atomic E-state index is 12.9. The van der Waals surface area contributed by atoms with Crippen LogP contribution in [0.1, 0.15) is 38.2 Å². The molecule has 2 fully saturated rings. The van der Waals surface area contributed by atoms with Gasteiger partial charge in [-0.05, 0) is 49.3 Å². The van der Waals surface area contributed by atoms with Crippen LogP contribution in [0.3, 0.4) is 0 Å². The summed E-state index contributed by atoms with van der Waals surface area (Å²) in [6, 6.07) is 7.32. The Balaban J connectivity index is 1.56. The summed E-state index contributed by atoms with van der Waals surface area (Å²) in [5.74, 6) is 0.186. The van der Waals surface area contributed by atoms with Gasteiger partial charge >= 0.3 is 0 Å². The lowest BCUT2D eigenvalue weighted by Crippen LogP contribution is -2.52. The van der Waals surface area contributed by atoms with E-state index in [-0.39, 0.29) is 18.4 Å². The van der Waals surface area contributed by atoms with Crippen LogP contribution in [-0.2, 0) is 21.5 Å². The van der Waals surface area contributed by atoms with E-state index < -0.39 is 10.2 Å². The largest absolute Gasteiger partial charge is 0.352 e. The van der Waals surface area contributed by atoms with E-state index in [1.54, 1.807) is 16.4 Å². The Hall–Kier alpha value is -1.15. The van der Waals surface area contributed by atoms with Gasteiger partial charge in [0.25, 0.3) is 10.2 Å². The van der Waals surface area contributed by atoms with Crippen LogP contribution in [0.15, 0.2) is 24.3 Å². The molecule has 2 saturated heterocycles. The van der Waals surface area contributed by atoms with Crippen LogP contribution < -0.4 is 5.32 Å². The van der Waals surface area contributed by atoms with E-state index in [1.807, 2.05) is 12.1 Å². The highest BCUT2D eigenvalue weighted by atomic mass is 35.5. The monoisotopic (exact) mass is 413 g/mol. The minimum absolute atomic E-state index is 0.0860. The minimum Gasteiger partial charge on any atom is -0.352 e. The third-order valence-electron chi connectivity index (χ3n) is 5.53. The molecule has 1 amide bonds. The van der Waals surface area contributed by atoms with E-state index in [1.165, 1.54) is 4.31 Å². The average Bonchev–Trinajstić information content (AvgIpc) is 2.68. The summed E-state index contributed by atoms with van der Waals surface area (Å²) in [5.41, 5.74) is 0.968. The molecule has 1 atom stereocenters. The molecule has 0 unspecified atom stereocenters. The quantitative estimate of drug-likeness (QED) is 0.806. The smallest absolute Gasteiger partial charge is 0.281 e. The van der Waals surface area contributed by atoms with Crippen LogP contribution in [0.5, 0.6) is 0 Å². The first-order valence-electron chi connectivity index (χ1n) is 9.63. The van der Waals surface area contributed by atoms with E-state index in [2.05, 4.69) is 12.2 Å². The Bertz CT molecular complexity index is 746. The molecule has 2 aliphatic rings. The zero-order valence-electron chi connectivity index (χ0n) is 15.7. The molecule has 6 nitrogen and oxygen atoms in total.